The van der Waals surface area contributed by atoms with Crippen LogP contribution >= 0.6 is 0 Å². The fraction of sp³-hybridized carbons (Fsp3) is 0.133. The first-order valence-electron chi connectivity index (χ1n) is 5.91. The van der Waals surface area contributed by atoms with Crippen molar-refractivity contribution in [3.63, 3.8) is 0 Å². The van der Waals surface area contributed by atoms with Crippen LogP contribution < -0.4 is 5.32 Å². The maximum absolute atomic E-state index is 12.1. The molecule has 1 N–H and O–H groups in total. The molecule has 5 heteroatoms. The highest BCUT2D eigenvalue weighted by Crippen LogP contribution is 2.23. The van der Waals surface area contributed by atoms with Crippen molar-refractivity contribution in [3.05, 3.63) is 54.1 Å². The summed E-state index contributed by atoms with van der Waals surface area (Å²) in [5, 5.41) is 1.81. The molecule has 1 amide bonds. The van der Waals surface area contributed by atoms with Gasteiger partial charge in [0.15, 0.2) is 0 Å². The highest BCUT2D eigenvalue weighted by atomic mass is 19.4. The summed E-state index contributed by atoms with van der Waals surface area (Å²) in [6.07, 6.45) is -4.88. The van der Waals surface area contributed by atoms with E-state index in [4.69, 9.17) is 0 Å². The molecule has 0 aliphatic heterocycles. The normalized spacial score (nSPS) is 11.2. The summed E-state index contributed by atoms with van der Waals surface area (Å²) in [7, 11) is 0. The van der Waals surface area contributed by atoms with Crippen molar-refractivity contribution in [1.82, 2.24) is 0 Å². The molecule has 2 nitrogen and oxygen atoms in total. The van der Waals surface area contributed by atoms with Crippen LogP contribution in [0.2, 0.25) is 0 Å². The largest absolute Gasteiger partial charge is 0.471 e. The van der Waals surface area contributed by atoms with Crippen LogP contribution in [0.15, 0.2) is 48.5 Å². The van der Waals surface area contributed by atoms with E-state index in [2.05, 4.69) is 0 Å². The molecule has 0 aliphatic carbocycles. The average Bonchev–Trinajstić information content (AvgIpc) is 2.38. The van der Waals surface area contributed by atoms with E-state index >= 15 is 0 Å². The zero-order valence-electron chi connectivity index (χ0n) is 10.7. The minimum Gasteiger partial charge on any atom is -0.318 e. The van der Waals surface area contributed by atoms with Crippen molar-refractivity contribution >= 4 is 11.6 Å². The van der Waals surface area contributed by atoms with Gasteiger partial charge in [-0.3, -0.25) is 4.79 Å². The first kappa shape index (κ1) is 14.1. The molecule has 0 spiro atoms. The van der Waals surface area contributed by atoms with Gasteiger partial charge in [-0.05, 0) is 30.2 Å². The van der Waals surface area contributed by atoms with E-state index in [0.717, 1.165) is 16.7 Å². The molecule has 0 radical (unpaired) electrons. The summed E-state index contributed by atoms with van der Waals surface area (Å²) in [5.41, 5.74) is 3.05. The lowest BCUT2D eigenvalue weighted by molar-refractivity contribution is -0.167. The number of anilines is 1. The quantitative estimate of drug-likeness (QED) is 0.878. The van der Waals surface area contributed by atoms with Crippen LogP contribution in [0.5, 0.6) is 0 Å². The minimum atomic E-state index is -4.88. The fourth-order valence-electron chi connectivity index (χ4n) is 1.77. The second kappa shape index (κ2) is 5.36. The lowest BCUT2D eigenvalue weighted by atomic mass is 10.0. The summed E-state index contributed by atoms with van der Waals surface area (Å²) in [6, 6.07) is 14.0. The van der Waals surface area contributed by atoms with E-state index < -0.39 is 12.1 Å². The van der Waals surface area contributed by atoms with Gasteiger partial charge in [0, 0.05) is 5.69 Å². The van der Waals surface area contributed by atoms with Crippen molar-refractivity contribution in [3.8, 4) is 11.1 Å². The number of carbonyl (C=O) groups is 1. The van der Waals surface area contributed by atoms with E-state index in [1.54, 1.807) is 12.1 Å². The number of carbonyl (C=O) groups excluding carboxylic acids is 1. The summed E-state index contributed by atoms with van der Waals surface area (Å²) in [5.74, 6) is -1.97. The van der Waals surface area contributed by atoms with Gasteiger partial charge in [-0.1, -0.05) is 42.0 Å². The lowest BCUT2D eigenvalue weighted by Gasteiger charge is -2.09. The number of rotatable bonds is 2. The molecule has 0 saturated heterocycles. The number of halogens is 3. The monoisotopic (exact) mass is 279 g/mol. The number of hydrogen-bond acceptors (Lipinski definition) is 1. The molecule has 2 rings (SSSR count). The number of aryl methyl sites for hydroxylation is 1. The van der Waals surface area contributed by atoms with Gasteiger partial charge in [-0.25, -0.2) is 0 Å². The Morgan fingerprint density at radius 2 is 1.65 bits per heavy atom. The summed E-state index contributed by atoms with van der Waals surface area (Å²) in [6.45, 7) is 1.96. The zero-order chi connectivity index (χ0) is 14.8. The van der Waals surface area contributed by atoms with E-state index in [1.807, 2.05) is 36.5 Å². The molecule has 20 heavy (non-hydrogen) atoms. The number of alkyl halides is 3. The third kappa shape index (κ3) is 3.38. The Balaban J connectivity index is 2.17. The Labute approximate surface area is 114 Å². The molecule has 0 aromatic heterocycles. The van der Waals surface area contributed by atoms with Gasteiger partial charge in [0.05, 0.1) is 0 Å². The van der Waals surface area contributed by atoms with Crippen molar-refractivity contribution in [2.75, 3.05) is 5.32 Å². The van der Waals surface area contributed by atoms with Gasteiger partial charge in [0.25, 0.3) is 0 Å². The molecule has 104 valence electrons. The summed E-state index contributed by atoms with van der Waals surface area (Å²) < 4.78 is 36.3. The first-order valence-corrected chi connectivity index (χ1v) is 5.91. The third-order valence-corrected chi connectivity index (χ3v) is 2.75. The van der Waals surface area contributed by atoms with Crippen LogP contribution in [0.1, 0.15) is 5.56 Å². The highest BCUT2D eigenvalue weighted by Gasteiger charge is 2.38. The molecular formula is C15H12F3NO. The molecule has 0 bridgehead atoms. The van der Waals surface area contributed by atoms with Crippen molar-refractivity contribution in [2.24, 2.45) is 0 Å². The van der Waals surface area contributed by atoms with Gasteiger partial charge in [-0.2, -0.15) is 13.2 Å². The summed E-state index contributed by atoms with van der Waals surface area (Å²) in [4.78, 5) is 10.8. The Kier molecular flexibility index (Phi) is 3.79. The van der Waals surface area contributed by atoms with Crippen LogP contribution in [0.25, 0.3) is 11.1 Å². The maximum Gasteiger partial charge on any atom is 0.471 e. The second-order valence-electron chi connectivity index (χ2n) is 4.40. The predicted octanol–water partition coefficient (Wildman–Crippen LogP) is 4.16. The summed E-state index contributed by atoms with van der Waals surface area (Å²) >= 11 is 0. The Bertz CT molecular complexity index is 618. The van der Waals surface area contributed by atoms with Crippen molar-refractivity contribution in [1.29, 1.82) is 0 Å². The lowest BCUT2D eigenvalue weighted by Crippen LogP contribution is -2.29. The Morgan fingerprint density at radius 1 is 1.00 bits per heavy atom. The van der Waals surface area contributed by atoms with Gasteiger partial charge >= 0.3 is 12.1 Å². The van der Waals surface area contributed by atoms with Gasteiger partial charge in [0.1, 0.15) is 0 Å². The topological polar surface area (TPSA) is 29.1 Å². The molecule has 0 fully saturated rings. The zero-order valence-corrected chi connectivity index (χ0v) is 10.7. The molecule has 0 aliphatic rings. The van der Waals surface area contributed by atoms with Crippen molar-refractivity contribution in [2.45, 2.75) is 13.1 Å². The predicted molar refractivity (Wildman–Crippen MR) is 71.3 cm³/mol. The van der Waals surface area contributed by atoms with Crippen LogP contribution in [0, 0.1) is 6.92 Å². The number of benzene rings is 2. The van der Waals surface area contributed by atoms with Gasteiger partial charge < -0.3 is 5.32 Å². The van der Waals surface area contributed by atoms with E-state index in [-0.39, 0.29) is 5.69 Å². The van der Waals surface area contributed by atoms with Crippen molar-refractivity contribution < 1.29 is 18.0 Å². The molecule has 2 aromatic rings. The Hall–Kier alpha value is -2.30. The van der Waals surface area contributed by atoms with E-state index in [0.29, 0.717) is 0 Å². The number of amides is 1. The minimum absolute atomic E-state index is 0.115. The molecular weight excluding hydrogens is 267 g/mol. The van der Waals surface area contributed by atoms with Gasteiger partial charge in [0.2, 0.25) is 0 Å². The highest BCUT2D eigenvalue weighted by molar-refractivity contribution is 5.95. The molecule has 0 heterocycles. The van der Waals surface area contributed by atoms with Crippen LogP contribution in [0.4, 0.5) is 18.9 Å². The maximum atomic E-state index is 12.1. The molecule has 0 atom stereocenters. The third-order valence-electron chi connectivity index (χ3n) is 2.75. The molecule has 0 saturated carbocycles. The standard InChI is InChI=1S/C15H12F3NO/c1-10-3-2-4-12(9-10)11-5-7-13(8-6-11)19-14(20)15(16,17)18/h2-9H,1H3,(H,19,20). The van der Waals surface area contributed by atoms with Crippen LogP contribution in [0.3, 0.4) is 0 Å². The van der Waals surface area contributed by atoms with Crippen LogP contribution in [-0.2, 0) is 4.79 Å². The molecule has 2 aromatic carbocycles. The fourth-order valence-corrected chi connectivity index (χ4v) is 1.77. The SMILES string of the molecule is Cc1cccc(-c2ccc(NC(=O)C(F)(F)F)cc2)c1. The molecule has 0 unspecified atom stereocenters. The van der Waals surface area contributed by atoms with Gasteiger partial charge in [-0.15, -0.1) is 0 Å². The van der Waals surface area contributed by atoms with E-state index in [1.165, 1.54) is 12.1 Å². The second-order valence-corrected chi connectivity index (χ2v) is 4.40. The average molecular weight is 279 g/mol. The number of hydrogen-bond donors (Lipinski definition) is 1. The Morgan fingerprint density at radius 3 is 2.20 bits per heavy atom. The smallest absolute Gasteiger partial charge is 0.318 e. The first-order chi connectivity index (χ1) is 9.36. The number of nitrogens with one attached hydrogen (secondary N) is 1. The van der Waals surface area contributed by atoms with E-state index in [9.17, 15) is 18.0 Å². The van der Waals surface area contributed by atoms with Crippen LogP contribution in [-0.4, -0.2) is 12.1 Å².